The molecule has 0 heterocycles. The van der Waals surface area contributed by atoms with Gasteiger partial charge < -0.3 is 11.5 Å². The van der Waals surface area contributed by atoms with Gasteiger partial charge in [-0.2, -0.15) is 0 Å². The van der Waals surface area contributed by atoms with Crippen LogP contribution in [0, 0.1) is 0 Å². The highest BCUT2D eigenvalue weighted by molar-refractivity contribution is 9.10. The summed E-state index contributed by atoms with van der Waals surface area (Å²) in [7, 11) is -3.76. The van der Waals surface area contributed by atoms with Crippen LogP contribution in [0.3, 0.4) is 0 Å². The highest BCUT2D eigenvalue weighted by atomic mass is 79.9. The van der Waals surface area contributed by atoms with Crippen LogP contribution in [-0.2, 0) is 10.0 Å². The maximum absolute atomic E-state index is 12.3. The van der Waals surface area contributed by atoms with Crippen LogP contribution in [0.4, 0.5) is 0 Å². The van der Waals surface area contributed by atoms with Crippen LogP contribution >= 0.6 is 15.9 Å². The number of primary amides is 1. The smallest absolute Gasteiger partial charge is 0.248 e. The van der Waals surface area contributed by atoms with E-state index in [-0.39, 0.29) is 17.0 Å². The predicted octanol–water partition coefficient (Wildman–Crippen LogP) is 1.34. The Kier molecular flexibility index (Phi) is 5.92. The molecule has 1 aromatic rings. The number of hydrogen-bond acceptors (Lipinski definition) is 4. The molecule has 0 saturated heterocycles. The Balaban J connectivity index is 3.06. The first-order chi connectivity index (χ1) is 9.63. The third-order valence-electron chi connectivity index (χ3n) is 3.49. The predicted molar refractivity (Wildman–Crippen MR) is 85.3 cm³/mol. The molecule has 5 N–H and O–H groups in total. The average molecular weight is 378 g/mol. The minimum atomic E-state index is -3.76. The first-order valence-corrected chi connectivity index (χ1v) is 8.80. The zero-order valence-corrected chi connectivity index (χ0v) is 14.4. The molecule has 0 atom stereocenters. The number of hydrogen-bond donors (Lipinski definition) is 3. The topological polar surface area (TPSA) is 115 Å². The second kappa shape index (κ2) is 6.87. The Morgan fingerprint density at radius 2 is 1.86 bits per heavy atom. The average Bonchev–Trinajstić information content (AvgIpc) is 2.44. The van der Waals surface area contributed by atoms with Crippen molar-refractivity contribution in [3.63, 3.8) is 0 Å². The molecule has 21 heavy (non-hydrogen) atoms. The van der Waals surface area contributed by atoms with Crippen molar-refractivity contribution in [1.82, 2.24) is 4.72 Å². The number of rotatable bonds is 7. The molecule has 1 rings (SSSR count). The maximum atomic E-state index is 12.3. The second-order valence-electron chi connectivity index (χ2n) is 4.93. The Morgan fingerprint density at radius 1 is 1.29 bits per heavy atom. The van der Waals surface area contributed by atoms with Crippen molar-refractivity contribution >= 4 is 31.9 Å². The lowest BCUT2D eigenvalue weighted by Gasteiger charge is -2.26. The molecule has 0 spiro atoms. The first kappa shape index (κ1) is 18.1. The van der Waals surface area contributed by atoms with Gasteiger partial charge >= 0.3 is 0 Å². The van der Waals surface area contributed by atoms with Gasteiger partial charge in [0, 0.05) is 22.1 Å². The van der Waals surface area contributed by atoms with Gasteiger partial charge in [0.05, 0.1) is 4.90 Å². The van der Waals surface area contributed by atoms with E-state index >= 15 is 0 Å². The number of carbonyl (C=O) groups is 1. The summed E-state index contributed by atoms with van der Waals surface area (Å²) in [4.78, 5) is 11.2. The monoisotopic (exact) mass is 377 g/mol. The van der Waals surface area contributed by atoms with Gasteiger partial charge in [0.2, 0.25) is 15.9 Å². The molecule has 0 unspecified atom stereocenters. The van der Waals surface area contributed by atoms with Crippen molar-refractivity contribution in [2.75, 3.05) is 6.54 Å². The highest BCUT2D eigenvalue weighted by Crippen LogP contribution is 2.20. The molecule has 0 radical (unpaired) electrons. The second-order valence-corrected chi connectivity index (χ2v) is 7.62. The van der Waals surface area contributed by atoms with Gasteiger partial charge in [-0.15, -0.1) is 0 Å². The van der Waals surface area contributed by atoms with E-state index in [9.17, 15) is 13.2 Å². The number of nitrogens with two attached hydrogens (primary N) is 2. The third-order valence-corrected chi connectivity index (χ3v) is 5.33. The Hall–Kier alpha value is -0.960. The van der Waals surface area contributed by atoms with E-state index in [1.165, 1.54) is 18.2 Å². The lowest BCUT2D eigenvalue weighted by Crippen LogP contribution is -2.49. The maximum Gasteiger partial charge on any atom is 0.248 e. The fourth-order valence-electron chi connectivity index (χ4n) is 1.68. The summed E-state index contributed by atoms with van der Waals surface area (Å²) in [5.74, 6) is -0.692. The van der Waals surface area contributed by atoms with Crippen molar-refractivity contribution in [2.24, 2.45) is 11.5 Å². The van der Waals surface area contributed by atoms with E-state index in [0.29, 0.717) is 17.3 Å². The Labute approximate surface area is 133 Å². The summed E-state index contributed by atoms with van der Waals surface area (Å²) in [5.41, 5.74) is 10.8. The van der Waals surface area contributed by atoms with Crippen LogP contribution in [0.25, 0.3) is 0 Å². The van der Waals surface area contributed by atoms with Gasteiger partial charge in [-0.1, -0.05) is 29.8 Å². The molecule has 0 fully saturated rings. The molecule has 1 aromatic carbocycles. The molecule has 6 nitrogen and oxygen atoms in total. The fourth-order valence-corrected chi connectivity index (χ4v) is 3.54. The number of nitrogens with one attached hydrogen (secondary N) is 1. The zero-order valence-electron chi connectivity index (χ0n) is 12.0. The van der Waals surface area contributed by atoms with Gasteiger partial charge in [0.15, 0.2) is 0 Å². The van der Waals surface area contributed by atoms with Crippen LogP contribution in [0.1, 0.15) is 37.0 Å². The number of halogens is 1. The Bertz CT molecular complexity index is 628. The molecule has 0 aliphatic rings. The van der Waals surface area contributed by atoms with Crippen molar-refractivity contribution in [3.05, 3.63) is 28.2 Å². The van der Waals surface area contributed by atoms with Crippen LogP contribution in [0.15, 0.2) is 27.6 Å². The molecule has 0 saturated carbocycles. The minimum absolute atomic E-state index is 0.0276. The first-order valence-electron chi connectivity index (χ1n) is 6.52. The molecular formula is C13H20BrN3O3S. The summed E-state index contributed by atoms with van der Waals surface area (Å²) in [6, 6.07) is 4.11. The van der Waals surface area contributed by atoms with Gasteiger partial charge in [-0.3, -0.25) is 4.79 Å². The molecule has 1 amide bonds. The van der Waals surface area contributed by atoms with E-state index in [0.717, 1.165) is 0 Å². The summed E-state index contributed by atoms with van der Waals surface area (Å²) < 4.78 is 27.5. The molecule has 118 valence electrons. The lowest BCUT2D eigenvalue weighted by atomic mass is 9.95. The normalized spacial score (nSPS) is 12.4. The van der Waals surface area contributed by atoms with E-state index in [2.05, 4.69) is 20.7 Å². The van der Waals surface area contributed by atoms with Gasteiger partial charge in [-0.25, -0.2) is 13.1 Å². The van der Waals surface area contributed by atoms with E-state index in [4.69, 9.17) is 11.5 Å². The van der Waals surface area contributed by atoms with Crippen LogP contribution < -0.4 is 16.2 Å². The Morgan fingerprint density at radius 3 is 2.33 bits per heavy atom. The van der Waals surface area contributed by atoms with Gasteiger partial charge in [0.25, 0.3) is 0 Å². The summed E-state index contributed by atoms with van der Waals surface area (Å²) in [6.45, 7) is 3.94. The number of sulfonamides is 1. The van der Waals surface area contributed by atoms with Crippen molar-refractivity contribution in [1.29, 1.82) is 0 Å². The van der Waals surface area contributed by atoms with Crippen molar-refractivity contribution in [3.8, 4) is 0 Å². The fraction of sp³-hybridized carbons (Fsp3) is 0.462. The SMILES string of the molecule is CCC(N)(CC)CNS(=O)(=O)c1cc(Br)cc(C(N)=O)c1. The number of benzene rings is 1. The van der Waals surface area contributed by atoms with Crippen LogP contribution in [0.5, 0.6) is 0 Å². The van der Waals surface area contributed by atoms with Crippen LogP contribution in [0.2, 0.25) is 0 Å². The number of amides is 1. The van der Waals surface area contributed by atoms with Crippen molar-refractivity contribution < 1.29 is 13.2 Å². The molecule has 0 aliphatic heterocycles. The van der Waals surface area contributed by atoms with Crippen molar-refractivity contribution in [2.45, 2.75) is 37.1 Å². The molecular weight excluding hydrogens is 358 g/mol. The lowest BCUT2D eigenvalue weighted by molar-refractivity contribution is 0.1000. The molecule has 0 aliphatic carbocycles. The zero-order chi connectivity index (χ0) is 16.3. The quantitative estimate of drug-likeness (QED) is 0.664. The largest absolute Gasteiger partial charge is 0.366 e. The molecule has 0 aromatic heterocycles. The number of carbonyl (C=O) groups excluding carboxylic acids is 1. The summed E-state index contributed by atoms with van der Waals surface area (Å²) in [5, 5.41) is 0. The summed E-state index contributed by atoms with van der Waals surface area (Å²) >= 11 is 3.17. The standard InChI is InChI=1S/C13H20BrN3O3S/c1-3-13(16,4-2)8-17-21(19,20)11-6-9(12(15)18)5-10(14)7-11/h5-7,17H,3-4,8,16H2,1-2H3,(H2,15,18). The van der Waals surface area contributed by atoms with E-state index < -0.39 is 21.5 Å². The minimum Gasteiger partial charge on any atom is -0.366 e. The molecule has 0 bridgehead atoms. The van der Waals surface area contributed by atoms with Gasteiger partial charge in [-0.05, 0) is 31.0 Å². The third kappa shape index (κ3) is 4.77. The van der Waals surface area contributed by atoms with E-state index in [1.807, 2.05) is 13.8 Å². The van der Waals surface area contributed by atoms with Gasteiger partial charge in [0.1, 0.15) is 0 Å². The molecule has 8 heteroatoms. The van der Waals surface area contributed by atoms with E-state index in [1.54, 1.807) is 0 Å². The highest BCUT2D eigenvalue weighted by Gasteiger charge is 2.24. The van der Waals surface area contributed by atoms with Crippen LogP contribution in [-0.4, -0.2) is 26.4 Å². The summed E-state index contributed by atoms with van der Waals surface area (Å²) in [6.07, 6.45) is 1.30.